The van der Waals surface area contributed by atoms with Gasteiger partial charge in [0.2, 0.25) is 5.91 Å². The molecule has 1 fully saturated rings. The van der Waals surface area contributed by atoms with Crippen molar-refractivity contribution >= 4 is 46.6 Å². The minimum absolute atomic E-state index is 0.0304. The summed E-state index contributed by atoms with van der Waals surface area (Å²) in [4.78, 5) is 26.9. The van der Waals surface area contributed by atoms with Crippen molar-refractivity contribution in [3.63, 3.8) is 0 Å². The molecule has 0 saturated carbocycles. The van der Waals surface area contributed by atoms with Gasteiger partial charge in [-0.2, -0.15) is 0 Å². The molecule has 2 amide bonds. The van der Waals surface area contributed by atoms with Crippen LogP contribution in [0.2, 0.25) is 10.0 Å². The van der Waals surface area contributed by atoms with Crippen molar-refractivity contribution in [3.8, 4) is 5.75 Å². The van der Waals surface area contributed by atoms with Crippen LogP contribution in [0.25, 0.3) is 0 Å². The standard InChI is InChI=1S/C27H41Cl2N3O5S/c1-9-14-36-22-16-21(29)20(28)15-19(22)23(31-38(35)27(6,7)8)18-10-12-32(13-11-18)24(33)17(2)30-25(34)37-26(3,4)5/h9,15-18,23,31H,1,10-14H2,2-8H3,(H,30,34)/t17-,23?,38?/m0/s1. The monoisotopic (exact) mass is 589 g/mol. The van der Waals surface area contributed by atoms with E-state index in [4.69, 9.17) is 32.7 Å². The van der Waals surface area contributed by atoms with Gasteiger partial charge in [-0.05, 0) is 73.3 Å². The number of carbonyl (C=O) groups excluding carboxylic acids is 2. The van der Waals surface area contributed by atoms with Crippen molar-refractivity contribution < 1.29 is 23.6 Å². The van der Waals surface area contributed by atoms with Gasteiger partial charge in [0.05, 0.1) is 16.1 Å². The molecule has 1 aromatic carbocycles. The first-order chi connectivity index (χ1) is 17.5. The number of hydrogen-bond donors (Lipinski definition) is 2. The van der Waals surface area contributed by atoms with Crippen LogP contribution in [0, 0.1) is 5.92 Å². The van der Waals surface area contributed by atoms with Crippen LogP contribution in [0.3, 0.4) is 0 Å². The van der Waals surface area contributed by atoms with Crippen LogP contribution >= 0.6 is 23.2 Å². The second-order valence-electron chi connectivity index (χ2n) is 11.4. The Kier molecular flexibility index (Phi) is 11.7. The van der Waals surface area contributed by atoms with E-state index in [1.807, 2.05) is 20.8 Å². The lowest BCUT2D eigenvalue weighted by Gasteiger charge is -2.39. The second-order valence-corrected chi connectivity index (χ2v) is 14.2. The van der Waals surface area contributed by atoms with Gasteiger partial charge in [0, 0.05) is 36.1 Å². The lowest BCUT2D eigenvalue weighted by Crippen LogP contribution is -2.51. The van der Waals surface area contributed by atoms with Gasteiger partial charge < -0.3 is 24.2 Å². The van der Waals surface area contributed by atoms with Gasteiger partial charge in [-0.3, -0.25) is 4.79 Å². The molecule has 3 atom stereocenters. The molecule has 0 bridgehead atoms. The van der Waals surface area contributed by atoms with Gasteiger partial charge in [0.25, 0.3) is 0 Å². The van der Waals surface area contributed by atoms with Gasteiger partial charge in [0.1, 0.15) is 28.7 Å². The van der Waals surface area contributed by atoms with Crippen LogP contribution in [-0.4, -0.2) is 57.5 Å². The van der Waals surface area contributed by atoms with E-state index in [2.05, 4.69) is 16.6 Å². The minimum atomic E-state index is -1.38. The summed E-state index contributed by atoms with van der Waals surface area (Å²) in [5, 5.41) is 3.35. The van der Waals surface area contributed by atoms with E-state index in [1.54, 1.807) is 50.8 Å². The van der Waals surface area contributed by atoms with E-state index in [-0.39, 0.29) is 24.5 Å². The number of piperidine rings is 1. The molecule has 2 unspecified atom stereocenters. The Morgan fingerprint density at radius 3 is 2.29 bits per heavy atom. The molecule has 1 heterocycles. The Bertz CT molecular complexity index is 988. The highest BCUT2D eigenvalue weighted by Gasteiger charge is 2.38. The first-order valence-electron chi connectivity index (χ1n) is 12.7. The minimum Gasteiger partial charge on any atom is -0.598 e. The quantitative estimate of drug-likeness (QED) is 0.278. The number of amides is 2. The van der Waals surface area contributed by atoms with E-state index >= 15 is 0 Å². The molecular weight excluding hydrogens is 549 g/mol. The highest BCUT2D eigenvalue weighted by molar-refractivity contribution is 7.90. The molecular formula is C27H41Cl2N3O5S. The zero-order valence-corrected chi connectivity index (χ0v) is 25.7. The number of nitrogens with one attached hydrogen (secondary N) is 2. The third-order valence-electron chi connectivity index (χ3n) is 5.96. The third kappa shape index (κ3) is 9.52. The molecule has 0 aliphatic carbocycles. The normalized spacial score (nSPS) is 17.4. The van der Waals surface area contributed by atoms with Gasteiger partial charge >= 0.3 is 6.09 Å². The number of likely N-dealkylation sites (tertiary alicyclic amines) is 1. The summed E-state index contributed by atoms with van der Waals surface area (Å²) < 4.78 is 27.2. The molecule has 11 heteroatoms. The number of carbonyl (C=O) groups is 2. The molecule has 0 radical (unpaired) electrons. The highest BCUT2D eigenvalue weighted by atomic mass is 35.5. The van der Waals surface area contributed by atoms with Crippen molar-refractivity contribution in [1.82, 2.24) is 14.9 Å². The zero-order chi connectivity index (χ0) is 28.8. The number of rotatable bonds is 9. The van der Waals surface area contributed by atoms with E-state index in [0.717, 1.165) is 5.56 Å². The van der Waals surface area contributed by atoms with E-state index in [1.165, 1.54) is 0 Å². The van der Waals surface area contributed by atoms with Gasteiger partial charge in [-0.25, -0.2) is 4.79 Å². The van der Waals surface area contributed by atoms with E-state index < -0.39 is 33.8 Å². The van der Waals surface area contributed by atoms with Crippen LogP contribution in [0.1, 0.15) is 72.9 Å². The summed E-state index contributed by atoms with van der Waals surface area (Å²) in [6.07, 6.45) is 2.29. The molecule has 214 valence electrons. The van der Waals surface area contributed by atoms with Crippen molar-refractivity contribution in [2.24, 2.45) is 5.92 Å². The number of hydrogen-bond acceptors (Lipinski definition) is 6. The topological polar surface area (TPSA) is 103 Å². The summed E-state index contributed by atoms with van der Waals surface area (Å²) in [6, 6.07) is 2.33. The number of benzene rings is 1. The number of halogens is 2. The molecule has 1 aliphatic rings. The van der Waals surface area contributed by atoms with Gasteiger partial charge in [0.15, 0.2) is 0 Å². The Balaban J connectivity index is 2.23. The van der Waals surface area contributed by atoms with E-state index in [9.17, 15) is 14.1 Å². The zero-order valence-electron chi connectivity index (χ0n) is 23.4. The van der Waals surface area contributed by atoms with Crippen molar-refractivity contribution in [2.45, 2.75) is 83.7 Å². The molecule has 1 aromatic rings. The fourth-order valence-corrected chi connectivity index (χ4v) is 5.27. The Morgan fingerprint density at radius 1 is 1.18 bits per heavy atom. The summed E-state index contributed by atoms with van der Waals surface area (Å²) in [5.41, 5.74) is 0.0997. The molecule has 38 heavy (non-hydrogen) atoms. The fourth-order valence-electron chi connectivity index (χ4n) is 4.04. The number of nitrogens with zero attached hydrogens (tertiary/aromatic N) is 1. The highest BCUT2D eigenvalue weighted by Crippen LogP contribution is 2.41. The van der Waals surface area contributed by atoms with E-state index in [0.29, 0.717) is 41.7 Å². The number of ether oxygens (including phenoxy) is 2. The fraction of sp³-hybridized carbons (Fsp3) is 0.630. The second kappa shape index (κ2) is 13.6. The Labute approximate surface area is 240 Å². The predicted molar refractivity (Wildman–Crippen MR) is 154 cm³/mol. The molecule has 1 aliphatic heterocycles. The van der Waals surface area contributed by atoms with Crippen molar-refractivity contribution in [2.75, 3.05) is 19.7 Å². The molecule has 2 N–H and O–H groups in total. The predicted octanol–water partition coefficient (Wildman–Crippen LogP) is 5.80. The summed E-state index contributed by atoms with van der Waals surface area (Å²) in [5.74, 6) is 0.390. The smallest absolute Gasteiger partial charge is 0.408 e. The van der Waals surface area contributed by atoms with Crippen LogP contribution in [0.15, 0.2) is 24.8 Å². The SMILES string of the molecule is C=CCOc1cc(Cl)c(Cl)cc1C(N[S+]([O-])C(C)(C)C)C1CCN(C(=O)[C@H](C)NC(=O)OC(C)(C)C)CC1. The Morgan fingerprint density at radius 2 is 1.76 bits per heavy atom. The first kappa shape index (κ1) is 32.6. The maximum Gasteiger partial charge on any atom is 0.408 e. The molecule has 0 spiro atoms. The van der Waals surface area contributed by atoms with Gasteiger partial charge in [-0.15, -0.1) is 4.72 Å². The van der Waals surface area contributed by atoms with Crippen LogP contribution in [0.4, 0.5) is 4.79 Å². The third-order valence-corrected chi connectivity index (χ3v) is 8.26. The van der Waals surface area contributed by atoms with Crippen molar-refractivity contribution in [1.29, 1.82) is 0 Å². The van der Waals surface area contributed by atoms with Crippen LogP contribution < -0.4 is 14.8 Å². The molecule has 1 saturated heterocycles. The first-order valence-corrected chi connectivity index (χ1v) is 14.6. The maximum atomic E-state index is 13.2. The average molecular weight is 591 g/mol. The van der Waals surface area contributed by atoms with Gasteiger partial charge in [-0.1, -0.05) is 35.9 Å². The molecule has 8 nitrogen and oxygen atoms in total. The average Bonchev–Trinajstić information content (AvgIpc) is 2.80. The summed E-state index contributed by atoms with van der Waals surface area (Å²) in [6.45, 7) is 17.6. The maximum absolute atomic E-state index is 13.2. The van der Waals surface area contributed by atoms with Crippen molar-refractivity contribution in [3.05, 3.63) is 40.4 Å². The molecule has 0 aromatic heterocycles. The Hall–Kier alpha value is -1.65. The lowest BCUT2D eigenvalue weighted by molar-refractivity contribution is -0.134. The molecule has 2 rings (SSSR count). The number of alkyl carbamates (subject to hydrolysis) is 1. The van der Waals surface area contributed by atoms with Crippen LogP contribution in [0.5, 0.6) is 5.75 Å². The van der Waals surface area contributed by atoms with Crippen LogP contribution in [-0.2, 0) is 20.9 Å². The summed E-state index contributed by atoms with van der Waals surface area (Å²) >= 11 is 11.3. The lowest BCUT2D eigenvalue weighted by atomic mass is 9.85. The summed E-state index contributed by atoms with van der Waals surface area (Å²) in [7, 11) is 0. The largest absolute Gasteiger partial charge is 0.598 e.